The minimum Gasteiger partial charge on any atom is -0.465 e. The molecule has 1 aromatic carbocycles. The molecule has 0 spiro atoms. The number of fused-ring (bicyclic) bond motifs is 1. The highest BCUT2D eigenvalue weighted by Crippen LogP contribution is 2.37. The molecule has 0 aliphatic carbocycles. The number of rotatable bonds is 4. The van der Waals surface area contributed by atoms with E-state index < -0.39 is 23.7 Å². The van der Waals surface area contributed by atoms with E-state index in [4.69, 9.17) is 0 Å². The number of aromatic nitrogens is 3. The maximum atomic E-state index is 13.8. The van der Waals surface area contributed by atoms with E-state index in [0.29, 0.717) is 13.9 Å². The van der Waals surface area contributed by atoms with E-state index >= 15 is 0 Å². The second-order valence-corrected chi connectivity index (χ2v) is 9.16. The summed E-state index contributed by atoms with van der Waals surface area (Å²) in [4.78, 5) is 29.6. The average molecular weight is 604 g/mol. The molecule has 0 unspecified atom stereocenters. The summed E-state index contributed by atoms with van der Waals surface area (Å²) in [5.41, 5.74) is -1.34. The Morgan fingerprint density at radius 2 is 1.91 bits per heavy atom. The minimum absolute atomic E-state index is 0.0291. The van der Waals surface area contributed by atoms with E-state index in [0.717, 1.165) is 6.07 Å². The average Bonchev–Trinajstić information content (AvgIpc) is 3.35. The molecule has 3 aromatic heterocycles. The predicted molar refractivity (Wildman–Crippen MR) is 122 cm³/mol. The fourth-order valence-electron chi connectivity index (χ4n) is 2.97. The summed E-state index contributed by atoms with van der Waals surface area (Å²) >= 11 is 7.66. The van der Waals surface area contributed by atoms with Gasteiger partial charge >= 0.3 is 12.1 Å². The maximum Gasteiger partial charge on any atom is 0.433 e. The quantitative estimate of drug-likeness (QED) is 0.288. The molecule has 1 N–H and O–H groups in total. The molecule has 0 aliphatic heterocycles. The number of hydrogen-bond acceptors (Lipinski definition) is 6. The standard InChI is InChI=1S/C20H11Br2F3N4O3S/c1-32-19(31)10-4-2-3-5-11(10)27-18(30)16-15(22)17-26-12(13-6-9(21)8-33-13)7-14(20(23,24)25)29(17)28-16/h2-8H,1H3,(H,27,30). The number of ether oxygens (including phenoxy) is 1. The SMILES string of the molecule is COC(=O)c1ccccc1NC(=O)c1nn2c(C(F)(F)F)cc(-c3cc(Br)cs3)nc2c1Br. The molecule has 4 rings (SSSR count). The monoisotopic (exact) mass is 602 g/mol. The van der Waals surface area contributed by atoms with Crippen LogP contribution in [0.3, 0.4) is 0 Å². The van der Waals surface area contributed by atoms with Crippen molar-refractivity contribution in [3.8, 4) is 10.6 Å². The molecule has 33 heavy (non-hydrogen) atoms. The van der Waals surface area contributed by atoms with Crippen LogP contribution in [0.15, 0.2) is 50.7 Å². The summed E-state index contributed by atoms with van der Waals surface area (Å²) in [6.07, 6.45) is -4.76. The van der Waals surface area contributed by atoms with E-state index in [-0.39, 0.29) is 32.8 Å². The van der Waals surface area contributed by atoms with Gasteiger partial charge in [0.2, 0.25) is 0 Å². The molecule has 3 heterocycles. The Bertz CT molecular complexity index is 1400. The molecule has 0 saturated carbocycles. The van der Waals surface area contributed by atoms with Gasteiger partial charge in [-0.2, -0.15) is 18.3 Å². The van der Waals surface area contributed by atoms with Crippen LogP contribution in [0, 0.1) is 0 Å². The number of nitrogens with one attached hydrogen (secondary N) is 1. The summed E-state index contributed by atoms with van der Waals surface area (Å²) in [7, 11) is 1.19. The van der Waals surface area contributed by atoms with Crippen molar-refractivity contribution in [2.45, 2.75) is 6.18 Å². The van der Waals surface area contributed by atoms with Crippen LogP contribution in [0.1, 0.15) is 26.5 Å². The summed E-state index contributed by atoms with van der Waals surface area (Å²) in [6, 6.07) is 8.57. The third-order valence-electron chi connectivity index (χ3n) is 4.44. The number of benzene rings is 1. The van der Waals surface area contributed by atoms with Crippen molar-refractivity contribution in [1.82, 2.24) is 14.6 Å². The van der Waals surface area contributed by atoms with Crippen LogP contribution >= 0.6 is 43.2 Å². The van der Waals surface area contributed by atoms with E-state index in [1.54, 1.807) is 23.6 Å². The minimum atomic E-state index is -4.76. The van der Waals surface area contributed by atoms with Crippen LogP contribution in [-0.4, -0.2) is 33.6 Å². The normalized spacial score (nSPS) is 11.6. The zero-order valence-corrected chi connectivity index (χ0v) is 20.4. The molecule has 4 aromatic rings. The molecule has 0 radical (unpaired) electrons. The fourth-order valence-corrected chi connectivity index (χ4v) is 4.88. The zero-order chi connectivity index (χ0) is 23.9. The lowest BCUT2D eigenvalue weighted by Crippen LogP contribution is -2.17. The van der Waals surface area contributed by atoms with Crippen LogP contribution in [0.4, 0.5) is 18.9 Å². The lowest BCUT2D eigenvalue weighted by molar-refractivity contribution is -0.142. The van der Waals surface area contributed by atoms with Crippen molar-refractivity contribution in [3.05, 3.63) is 67.7 Å². The Morgan fingerprint density at radius 1 is 1.18 bits per heavy atom. The highest BCUT2D eigenvalue weighted by Gasteiger charge is 2.37. The van der Waals surface area contributed by atoms with Gasteiger partial charge in [-0.3, -0.25) is 4.79 Å². The number of carbonyl (C=O) groups is 2. The Kier molecular flexibility index (Phi) is 6.29. The summed E-state index contributed by atoms with van der Waals surface area (Å²) in [5, 5.41) is 8.08. The maximum absolute atomic E-state index is 13.8. The molecule has 13 heteroatoms. The topological polar surface area (TPSA) is 85.6 Å². The van der Waals surface area contributed by atoms with Gasteiger partial charge in [-0.1, -0.05) is 12.1 Å². The lowest BCUT2D eigenvalue weighted by Gasteiger charge is -2.10. The van der Waals surface area contributed by atoms with Gasteiger partial charge in [0.1, 0.15) is 0 Å². The van der Waals surface area contributed by atoms with E-state index in [2.05, 4.69) is 52.0 Å². The second kappa shape index (κ2) is 8.88. The van der Waals surface area contributed by atoms with Gasteiger partial charge in [0, 0.05) is 9.85 Å². The highest BCUT2D eigenvalue weighted by atomic mass is 79.9. The number of alkyl halides is 3. The van der Waals surface area contributed by atoms with Gasteiger partial charge in [-0.15, -0.1) is 11.3 Å². The number of nitrogens with zero attached hydrogens (tertiary/aromatic N) is 3. The summed E-state index contributed by atoms with van der Waals surface area (Å²) in [6.45, 7) is 0. The largest absolute Gasteiger partial charge is 0.465 e. The van der Waals surface area contributed by atoms with Crippen molar-refractivity contribution in [2.75, 3.05) is 12.4 Å². The number of hydrogen-bond donors (Lipinski definition) is 1. The zero-order valence-electron chi connectivity index (χ0n) is 16.4. The van der Waals surface area contributed by atoms with E-state index in [1.807, 2.05) is 0 Å². The smallest absolute Gasteiger partial charge is 0.433 e. The Morgan fingerprint density at radius 3 is 2.55 bits per heavy atom. The molecule has 7 nitrogen and oxygen atoms in total. The summed E-state index contributed by atoms with van der Waals surface area (Å²) < 4.78 is 47.4. The first-order valence-electron chi connectivity index (χ1n) is 8.99. The molecular weight excluding hydrogens is 593 g/mol. The van der Waals surface area contributed by atoms with Crippen LogP contribution in [-0.2, 0) is 10.9 Å². The molecule has 0 atom stereocenters. The van der Waals surface area contributed by atoms with Gasteiger partial charge in [0.05, 0.1) is 33.4 Å². The Balaban J connectivity index is 1.82. The molecule has 0 fully saturated rings. The van der Waals surface area contributed by atoms with Crippen LogP contribution in [0.5, 0.6) is 0 Å². The van der Waals surface area contributed by atoms with Gasteiger partial charge in [-0.05, 0) is 56.1 Å². The van der Waals surface area contributed by atoms with Gasteiger partial charge in [-0.25, -0.2) is 14.3 Å². The second-order valence-electron chi connectivity index (χ2n) is 6.54. The molecule has 170 valence electrons. The predicted octanol–water partition coefficient (Wildman–Crippen LogP) is 6.04. The van der Waals surface area contributed by atoms with Crippen LogP contribution in [0.2, 0.25) is 0 Å². The molecule has 0 bridgehead atoms. The number of carbonyl (C=O) groups excluding carboxylic acids is 2. The van der Waals surface area contributed by atoms with Crippen molar-refractivity contribution in [3.63, 3.8) is 0 Å². The number of anilines is 1. The first kappa shape index (κ1) is 23.4. The van der Waals surface area contributed by atoms with Crippen molar-refractivity contribution >= 4 is 66.4 Å². The van der Waals surface area contributed by atoms with Gasteiger partial charge < -0.3 is 10.1 Å². The number of esters is 1. The Hall–Kier alpha value is -2.77. The third kappa shape index (κ3) is 4.52. The van der Waals surface area contributed by atoms with Crippen LogP contribution in [0.25, 0.3) is 16.2 Å². The lowest BCUT2D eigenvalue weighted by atomic mass is 10.1. The van der Waals surface area contributed by atoms with Gasteiger partial charge in [0.25, 0.3) is 5.91 Å². The fraction of sp³-hybridized carbons (Fsp3) is 0.100. The van der Waals surface area contributed by atoms with Gasteiger partial charge in [0.15, 0.2) is 17.0 Å². The molecule has 0 saturated heterocycles. The van der Waals surface area contributed by atoms with E-state index in [1.165, 1.54) is 30.6 Å². The number of amides is 1. The first-order valence-corrected chi connectivity index (χ1v) is 11.5. The Labute approximate surface area is 204 Å². The molecule has 1 amide bonds. The summed E-state index contributed by atoms with van der Waals surface area (Å²) in [5.74, 6) is -1.52. The number of methoxy groups -OCH3 is 1. The molecular formula is C20H11Br2F3N4O3S. The third-order valence-corrected chi connectivity index (χ3v) is 6.88. The number of para-hydroxylation sites is 1. The van der Waals surface area contributed by atoms with E-state index in [9.17, 15) is 22.8 Å². The number of thiophene rings is 1. The first-order chi connectivity index (χ1) is 15.6. The van der Waals surface area contributed by atoms with Crippen molar-refractivity contribution in [1.29, 1.82) is 0 Å². The van der Waals surface area contributed by atoms with Crippen molar-refractivity contribution in [2.24, 2.45) is 0 Å². The number of halogens is 5. The van der Waals surface area contributed by atoms with Crippen LogP contribution < -0.4 is 5.32 Å². The molecule has 0 aliphatic rings. The highest BCUT2D eigenvalue weighted by molar-refractivity contribution is 9.11. The van der Waals surface area contributed by atoms with Crippen molar-refractivity contribution < 1.29 is 27.5 Å².